The molecule has 2 aromatic carbocycles. The zero-order valence-corrected chi connectivity index (χ0v) is 18.5. The van der Waals surface area contributed by atoms with Gasteiger partial charge in [-0.15, -0.1) is 0 Å². The second-order valence-corrected chi connectivity index (χ2v) is 9.28. The quantitative estimate of drug-likeness (QED) is 0.699. The predicted molar refractivity (Wildman–Crippen MR) is 122 cm³/mol. The summed E-state index contributed by atoms with van der Waals surface area (Å²) in [6.45, 7) is 3.71. The molecule has 2 aromatic rings. The molecule has 1 amide bonds. The maximum atomic E-state index is 13.0. The third-order valence-electron chi connectivity index (χ3n) is 6.90. The average molecular weight is 437 g/mol. The molecule has 1 fully saturated rings. The number of rotatable bonds is 7. The molecule has 32 heavy (non-hydrogen) atoms. The Morgan fingerprint density at radius 2 is 1.72 bits per heavy atom. The van der Waals surface area contributed by atoms with Gasteiger partial charge in [-0.3, -0.25) is 4.79 Å². The van der Waals surface area contributed by atoms with Crippen LogP contribution in [0.5, 0.6) is 11.5 Å². The number of hydrogen-bond acceptors (Lipinski definition) is 5. The van der Waals surface area contributed by atoms with Crippen molar-refractivity contribution in [3.63, 3.8) is 0 Å². The Hall–Kier alpha value is -2.57. The van der Waals surface area contributed by atoms with Gasteiger partial charge in [0.2, 0.25) is 5.91 Å². The van der Waals surface area contributed by atoms with E-state index in [-0.39, 0.29) is 11.9 Å². The first-order chi connectivity index (χ1) is 15.7. The molecule has 0 saturated carbocycles. The zero-order chi connectivity index (χ0) is 21.9. The van der Waals surface area contributed by atoms with E-state index in [1.54, 1.807) is 0 Å². The highest BCUT2D eigenvalue weighted by Gasteiger charge is 2.29. The van der Waals surface area contributed by atoms with Crippen LogP contribution in [0.15, 0.2) is 42.5 Å². The molecule has 0 aromatic heterocycles. The summed E-state index contributed by atoms with van der Waals surface area (Å²) in [5.74, 6) is 1.70. The summed E-state index contributed by atoms with van der Waals surface area (Å²) in [6.07, 6.45) is 3.91. The zero-order valence-electron chi connectivity index (χ0n) is 18.5. The first-order valence-electron chi connectivity index (χ1n) is 11.8. The highest BCUT2D eigenvalue weighted by Crippen LogP contribution is 2.34. The number of ether oxygens (including phenoxy) is 2. The van der Waals surface area contributed by atoms with Crippen molar-refractivity contribution < 1.29 is 19.4 Å². The van der Waals surface area contributed by atoms with E-state index < -0.39 is 6.10 Å². The molecule has 0 radical (unpaired) electrons. The molecule has 6 heteroatoms. The molecule has 170 valence electrons. The summed E-state index contributed by atoms with van der Waals surface area (Å²) in [5.41, 5.74) is 3.46. The molecular weight excluding hydrogens is 404 g/mol. The van der Waals surface area contributed by atoms with Crippen LogP contribution in [0, 0.1) is 5.92 Å². The summed E-state index contributed by atoms with van der Waals surface area (Å²) < 4.78 is 11.3. The van der Waals surface area contributed by atoms with E-state index >= 15 is 0 Å². The van der Waals surface area contributed by atoms with Crippen molar-refractivity contribution in [3.8, 4) is 11.5 Å². The molecule has 0 bridgehead atoms. The second-order valence-electron chi connectivity index (χ2n) is 9.28. The largest absolute Gasteiger partial charge is 0.486 e. The van der Waals surface area contributed by atoms with E-state index in [0.29, 0.717) is 43.6 Å². The molecule has 3 aliphatic rings. The normalized spacial score (nSPS) is 20.0. The van der Waals surface area contributed by atoms with Crippen molar-refractivity contribution in [2.24, 2.45) is 5.92 Å². The van der Waals surface area contributed by atoms with Crippen molar-refractivity contribution in [1.82, 2.24) is 10.2 Å². The SMILES string of the molecule is O=C(CC1Cc2ccccc2C1)N[C@H](CN1CCCC1)[C@H](O)c1ccc2c(c1)OCCO2. The Morgan fingerprint density at radius 1 is 1.03 bits per heavy atom. The monoisotopic (exact) mass is 436 g/mol. The fourth-order valence-electron chi connectivity index (χ4n) is 5.27. The maximum absolute atomic E-state index is 13.0. The van der Waals surface area contributed by atoms with Crippen LogP contribution in [0.2, 0.25) is 0 Å². The van der Waals surface area contributed by atoms with Crippen molar-refractivity contribution >= 4 is 5.91 Å². The molecule has 1 aliphatic carbocycles. The molecule has 2 heterocycles. The number of aliphatic hydroxyl groups is 1. The van der Waals surface area contributed by atoms with Gasteiger partial charge in [0.15, 0.2) is 11.5 Å². The molecule has 2 N–H and O–H groups in total. The minimum atomic E-state index is -0.809. The lowest BCUT2D eigenvalue weighted by atomic mass is 9.98. The lowest BCUT2D eigenvalue weighted by Crippen LogP contribution is -2.47. The van der Waals surface area contributed by atoms with Gasteiger partial charge < -0.3 is 24.8 Å². The Morgan fingerprint density at radius 3 is 2.44 bits per heavy atom. The van der Waals surface area contributed by atoms with Crippen LogP contribution in [-0.2, 0) is 17.6 Å². The van der Waals surface area contributed by atoms with Crippen LogP contribution >= 0.6 is 0 Å². The van der Waals surface area contributed by atoms with Gasteiger partial charge in [-0.25, -0.2) is 0 Å². The second kappa shape index (κ2) is 9.51. The number of carbonyl (C=O) groups excluding carboxylic acids is 1. The lowest BCUT2D eigenvalue weighted by molar-refractivity contribution is -0.123. The van der Waals surface area contributed by atoms with Crippen LogP contribution in [0.1, 0.15) is 42.1 Å². The molecular formula is C26H32N2O4. The Labute approximate surface area is 189 Å². The van der Waals surface area contributed by atoms with Crippen LogP contribution in [0.4, 0.5) is 0 Å². The number of aliphatic hydroxyl groups excluding tert-OH is 1. The van der Waals surface area contributed by atoms with E-state index in [1.807, 2.05) is 18.2 Å². The van der Waals surface area contributed by atoms with Gasteiger partial charge in [-0.2, -0.15) is 0 Å². The van der Waals surface area contributed by atoms with E-state index in [0.717, 1.165) is 31.5 Å². The molecule has 0 spiro atoms. The molecule has 0 unspecified atom stereocenters. The Bertz CT molecular complexity index is 932. The lowest BCUT2D eigenvalue weighted by Gasteiger charge is -2.29. The summed E-state index contributed by atoms with van der Waals surface area (Å²) in [4.78, 5) is 15.3. The highest BCUT2D eigenvalue weighted by atomic mass is 16.6. The summed E-state index contributed by atoms with van der Waals surface area (Å²) in [7, 11) is 0. The van der Waals surface area contributed by atoms with Crippen LogP contribution < -0.4 is 14.8 Å². The summed E-state index contributed by atoms with van der Waals surface area (Å²) >= 11 is 0. The van der Waals surface area contributed by atoms with Gasteiger partial charge in [-0.05, 0) is 73.5 Å². The third-order valence-corrected chi connectivity index (χ3v) is 6.90. The van der Waals surface area contributed by atoms with Gasteiger partial charge in [0, 0.05) is 13.0 Å². The smallest absolute Gasteiger partial charge is 0.220 e. The van der Waals surface area contributed by atoms with E-state index in [9.17, 15) is 9.90 Å². The maximum Gasteiger partial charge on any atom is 0.220 e. The molecule has 1 saturated heterocycles. The van der Waals surface area contributed by atoms with Gasteiger partial charge in [0.1, 0.15) is 19.3 Å². The Balaban J connectivity index is 1.27. The summed E-state index contributed by atoms with van der Waals surface area (Å²) in [6, 6.07) is 13.6. The number of nitrogens with one attached hydrogen (secondary N) is 1. The molecule has 2 atom stereocenters. The molecule has 5 rings (SSSR count). The minimum Gasteiger partial charge on any atom is -0.486 e. The van der Waals surface area contributed by atoms with Crippen LogP contribution in [-0.4, -0.2) is 54.8 Å². The van der Waals surface area contributed by atoms with E-state index in [1.165, 1.54) is 24.0 Å². The molecule has 6 nitrogen and oxygen atoms in total. The van der Waals surface area contributed by atoms with Crippen molar-refractivity contribution in [3.05, 3.63) is 59.2 Å². The number of likely N-dealkylation sites (tertiary alicyclic amines) is 1. The van der Waals surface area contributed by atoms with E-state index in [2.05, 4.69) is 34.5 Å². The summed E-state index contributed by atoms with van der Waals surface area (Å²) in [5, 5.41) is 14.4. The average Bonchev–Trinajstić information content (AvgIpc) is 3.47. The van der Waals surface area contributed by atoms with Crippen molar-refractivity contribution in [2.75, 3.05) is 32.8 Å². The fourth-order valence-corrected chi connectivity index (χ4v) is 5.27. The third kappa shape index (κ3) is 4.76. The first-order valence-corrected chi connectivity index (χ1v) is 11.8. The highest BCUT2D eigenvalue weighted by molar-refractivity contribution is 5.77. The number of carbonyl (C=O) groups is 1. The van der Waals surface area contributed by atoms with Gasteiger partial charge in [0.05, 0.1) is 6.04 Å². The number of benzene rings is 2. The topological polar surface area (TPSA) is 71.0 Å². The fraction of sp³-hybridized carbons (Fsp3) is 0.500. The minimum absolute atomic E-state index is 0.0172. The van der Waals surface area contributed by atoms with Gasteiger partial charge in [-0.1, -0.05) is 30.3 Å². The van der Waals surface area contributed by atoms with Gasteiger partial charge in [0.25, 0.3) is 0 Å². The number of amides is 1. The van der Waals surface area contributed by atoms with Gasteiger partial charge >= 0.3 is 0 Å². The van der Waals surface area contributed by atoms with E-state index in [4.69, 9.17) is 9.47 Å². The van der Waals surface area contributed by atoms with Crippen LogP contribution in [0.3, 0.4) is 0 Å². The number of nitrogens with zero attached hydrogens (tertiary/aromatic N) is 1. The predicted octanol–water partition coefficient (Wildman–Crippen LogP) is 2.88. The van der Waals surface area contributed by atoms with Crippen LogP contribution in [0.25, 0.3) is 0 Å². The number of hydrogen-bond donors (Lipinski definition) is 2. The van der Waals surface area contributed by atoms with Crippen molar-refractivity contribution in [2.45, 2.75) is 44.2 Å². The molecule has 2 aliphatic heterocycles. The Kier molecular flexibility index (Phi) is 6.32. The number of fused-ring (bicyclic) bond motifs is 2. The standard InChI is InChI=1S/C26H32N2O4/c29-25(15-18-13-19-5-1-2-6-20(19)14-18)27-22(17-28-9-3-4-10-28)26(30)21-7-8-23-24(16-21)32-12-11-31-23/h1-2,5-8,16,18,22,26,30H,3-4,9-15,17H2,(H,27,29)/t22-,26-/m1/s1. The van der Waals surface area contributed by atoms with Crippen molar-refractivity contribution in [1.29, 1.82) is 0 Å². The first kappa shape index (κ1) is 21.3.